The number of benzene rings is 3. The van der Waals surface area contributed by atoms with Crippen molar-refractivity contribution in [2.24, 2.45) is 0 Å². The molecule has 7 nitrogen and oxygen atoms in total. The summed E-state index contributed by atoms with van der Waals surface area (Å²) in [5, 5.41) is 5.75. The van der Waals surface area contributed by atoms with Crippen LogP contribution >= 0.6 is 23.2 Å². The lowest BCUT2D eigenvalue weighted by molar-refractivity contribution is -0.147. The minimum absolute atomic E-state index is 0.0180. The number of carbonyl (C=O) groups excluding carboxylic acids is 3. The van der Waals surface area contributed by atoms with Gasteiger partial charge in [0.2, 0.25) is 5.91 Å². The third-order valence-corrected chi connectivity index (χ3v) is 5.41. The second-order valence-electron chi connectivity index (χ2n) is 7.89. The largest absolute Gasteiger partial charge is 0.456 e. The molecule has 0 unspecified atom stereocenters. The number of hydrogen-bond acceptors (Lipinski definition) is 5. The summed E-state index contributed by atoms with van der Waals surface area (Å²) in [7, 11) is 0. The molecule has 200 valence electrons. The van der Waals surface area contributed by atoms with Gasteiger partial charge < -0.3 is 20.1 Å². The van der Waals surface area contributed by atoms with Gasteiger partial charge >= 0.3 is 12.1 Å². The summed E-state index contributed by atoms with van der Waals surface area (Å²) in [4.78, 5) is 35.9. The van der Waals surface area contributed by atoms with Crippen molar-refractivity contribution in [3.8, 4) is 11.5 Å². The fourth-order valence-corrected chi connectivity index (χ4v) is 3.54. The van der Waals surface area contributed by atoms with E-state index in [0.717, 1.165) is 18.2 Å². The molecule has 0 heterocycles. The van der Waals surface area contributed by atoms with E-state index in [9.17, 15) is 27.6 Å². The van der Waals surface area contributed by atoms with E-state index in [2.05, 4.69) is 10.6 Å². The van der Waals surface area contributed by atoms with Gasteiger partial charge in [-0.05, 0) is 67.1 Å². The molecule has 0 atom stereocenters. The summed E-state index contributed by atoms with van der Waals surface area (Å²) in [6, 6.07) is 15.4. The number of ether oxygens (including phenoxy) is 2. The van der Waals surface area contributed by atoms with Gasteiger partial charge in [0.1, 0.15) is 11.5 Å². The molecule has 2 amide bonds. The van der Waals surface area contributed by atoms with Crippen LogP contribution in [-0.2, 0) is 25.3 Å². The number of esters is 1. The SMILES string of the molecule is O=C(CCCC(=O)OCC(=O)Nc1cccc(C(F)(F)F)c1)Nc1ccc(Oc2ccc(Cl)cc2Cl)cc1. The van der Waals surface area contributed by atoms with Crippen molar-refractivity contribution < 1.29 is 37.0 Å². The first-order chi connectivity index (χ1) is 18.0. The maximum atomic E-state index is 12.7. The molecule has 0 radical (unpaired) electrons. The summed E-state index contributed by atoms with van der Waals surface area (Å²) < 4.78 is 48.7. The van der Waals surface area contributed by atoms with E-state index >= 15 is 0 Å². The molecule has 0 aliphatic carbocycles. The zero-order valence-corrected chi connectivity index (χ0v) is 21.1. The molecule has 0 saturated heterocycles. The Balaban J connectivity index is 1.35. The van der Waals surface area contributed by atoms with Gasteiger partial charge in [0.15, 0.2) is 6.61 Å². The number of alkyl halides is 3. The summed E-state index contributed by atoms with van der Waals surface area (Å²) in [6.45, 7) is -0.670. The highest BCUT2D eigenvalue weighted by atomic mass is 35.5. The third-order valence-electron chi connectivity index (χ3n) is 4.88. The average Bonchev–Trinajstić information content (AvgIpc) is 2.85. The third kappa shape index (κ3) is 9.28. The highest BCUT2D eigenvalue weighted by Crippen LogP contribution is 2.32. The molecule has 0 bridgehead atoms. The average molecular weight is 569 g/mol. The lowest BCUT2D eigenvalue weighted by atomic mass is 10.2. The maximum absolute atomic E-state index is 12.7. The van der Waals surface area contributed by atoms with Gasteiger partial charge in [-0.25, -0.2) is 0 Å². The standard InChI is InChI=1S/C26H21Cl2F3N2O5/c27-17-7-12-22(21(28)14-17)38-20-10-8-18(9-11-20)32-23(34)5-2-6-25(36)37-15-24(35)33-19-4-1-3-16(13-19)26(29,30)31/h1,3-4,7-14H,2,5-6,15H2,(H,32,34)(H,33,35). The van der Waals surface area contributed by atoms with E-state index in [1.165, 1.54) is 6.07 Å². The van der Waals surface area contributed by atoms with Crippen LogP contribution in [-0.4, -0.2) is 24.4 Å². The van der Waals surface area contributed by atoms with Gasteiger partial charge in [-0.15, -0.1) is 0 Å². The van der Waals surface area contributed by atoms with Crippen molar-refractivity contribution in [3.63, 3.8) is 0 Å². The van der Waals surface area contributed by atoms with Gasteiger partial charge in [-0.3, -0.25) is 14.4 Å². The highest BCUT2D eigenvalue weighted by molar-refractivity contribution is 6.35. The van der Waals surface area contributed by atoms with Crippen LogP contribution in [0.5, 0.6) is 11.5 Å². The molecule has 2 N–H and O–H groups in total. The predicted octanol–water partition coefficient (Wildman–Crippen LogP) is 7.10. The molecule has 12 heteroatoms. The van der Waals surface area contributed by atoms with Crippen molar-refractivity contribution in [1.29, 1.82) is 0 Å². The van der Waals surface area contributed by atoms with Crippen LogP contribution in [0.25, 0.3) is 0 Å². The van der Waals surface area contributed by atoms with Gasteiger partial charge in [-0.1, -0.05) is 29.3 Å². The lowest BCUT2D eigenvalue weighted by Gasteiger charge is -2.10. The van der Waals surface area contributed by atoms with E-state index in [1.807, 2.05) is 0 Å². The van der Waals surface area contributed by atoms with Crippen LogP contribution in [0.15, 0.2) is 66.7 Å². The van der Waals surface area contributed by atoms with Crippen LogP contribution in [0, 0.1) is 0 Å². The number of rotatable bonds is 10. The lowest BCUT2D eigenvalue weighted by Crippen LogP contribution is -2.21. The van der Waals surface area contributed by atoms with E-state index in [0.29, 0.717) is 27.2 Å². The molecule has 38 heavy (non-hydrogen) atoms. The second kappa shape index (κ2) is 13.2. The molecule has 0 aliphatic rings. The molecular weight excluding hydrogens is 548 g/mol. The monoisotopic (exact) mass is 568 g/mol. The van der Waals surface area contributed by atoms with Crippen LogP contribution in [0.4, 0.5) is 24.5 Å². The zero-order chi connectivity index (χ0) is 27.7. The normalized spacial score (nSPS) is 11.0. The Hall–Kier alpha value is -3.76. The topological polar surface area (TPSA) is 93.7 Å². The summed E-state index contributed by atoms with van der Waals surface area (Å²) in [6.07, 6.45) is -4.50. The number of amides is 2. The first-order valence-corrected chi connectivity index (χ1v) is 11.9. The van der Waals surface area contributed by atoms with Crippen LogP contribution in [0.2, 0.25) is 10.0 Å². The maximum Gasteiger partial charge on any atom is 0.416 e. The summed E-state index contributed by atoms with van der Waals surface area (Å²) in [5.41, 5.74) is -0.484. The van der Waals surface area contributed by atoms with Gasteiger partial charge in [-0.2, -0.15) is 13.2 Å². The van der Waals surface area contributed by atoms with E-state index in [-0.39, 0.29) is 30.9 Å². The number of nitrogens with one attached hydrogen (secondary N) is 2. The summed E-state index contributed by atoms with van der Waals surface area (Å²) in [5.74, 6) is -0.935. The van der Waals surface area contributed by atoms with Crippen molar-refractivity contribution in [2.45, 2.75) is 25.4 Å². The summed E-state index contributed by atoms with van der Waals surface area (Å²) >= 11 is 11.9. The van der Waals surface area contributed by atoms with Gasteiger partial charge in [0, 0.05) is 29.2 Å². The fourth-order valence-electron chi connectivity index (χ4n) is 3.10. The molecule has 3 aromatic rings. The fraction of sp³-hybridized carbons (Fsp3) is 0.192. The Bertz CT molecular complexity index is 1300. The van der Waals surface area contributed by atoms with Gasteiger partial charge in [0.05, 0.1) is 10.6 Å². The van der Waals surface area contributed by atoms with Crippen LogP contribution in [0.1, 0.15) is 24.8 Å². The van der Waals surface area contributed by atoms with E-state index in [1.54, 1.807) is 42.5 Å². The molecule has 0 aromatic heterocycles. The minimum atomic E-state index is -4.55. The van der Waals surface area contributed by atoms with Crippen molar-refractivity contribution in [1.82, 2.24) is 0 Å². The Kier molecular flexibility index (Phi) is 9.98. The molecule has 3 aromatic carbocycles. The molecule has 0 fully saturated rings. The zero-order valence-electron chi connectivity index (χ0n) is 19.6. The van der Waals surface area contributed by atoms with E-state index < -0.39 is 30.2 Å². The number of anilines is 2. The Morgan fingerprint density at radius 1 is 0.816 bits per heavy atom. The number of halogens is 5. The number of carbonyl (C=O) groups is 3. The first-order valence-electron chi connectivity index (χ1n) is 11.1. The molecule has 3 rings (SSSR count). The Morgan fingerprint density at radius 2 is 1.53 bits per heavy atom. The smallest absolute Gasteiger partial charge is 0.416 e. The number of hydrogen-bond donors (Lipinski definition) is 2. The Labute approximate surface area is 225 Å². The minimum Gasteiger partial charge on any atom is -0.456 e. The van der Waals surface area contributed by atoms with Crippen molar-refractivity contribution in [3.05, 3.63) is 82.3 Å². The first kappa shape index (κ1) is 28.8. The molecule has 0 aliphatic heterocycles. The van der Waals surface area contributed by atoms with Gasteiger partial charge in [0.25, 0.3) is 5.91 Å². The molecule has 0 spiro atoms. The van der Waals surface area contributed by atoms with Crippen LogP contribution < -0.4 is 15.4 Å². The predicted molar refractivity (Wildman–Crippen MR) is 136 cm³/mol. The van der Waals surface area contributed by atoms with E-state index in [4.69, 9.17) is 32.7 Å². The highest BCUT2D eigenvalue weighted by Gasteiger charge is 2.30. The molecule has 0 saturated carbocycles. The van der Waals surface area contributed by atoms with Crippen LogP contribution in [0.3, 0.4) is 0 Å². The quantitative estimate of drug-likeness (QED) is 0.254. The molecular formula is C26H21Cl2F3N2O5. The second-order valence-corrected chi connectivity index (χ2v) is 8.73. The van der Waals surface area contributed by atoms with Crippen molar-refractivity contribution in [2.75, 3.05) is 17.2 Å². The van der Waals surface area contributed by atoms with Crippen molar-refractivity contribution >= 4 is 52.4 Å². The Morgan fingerprint density at radius 3 is 2.21 bits per heavy atom.